The average molecular weight is 456 g/mol. The van der Waals surface area contributed by atoms with Gasteiger partial charge in [-0.25, -0.2) is 13.8 Å². The molecule has 0 aliphatic carbocycles. The van der Waals surface area contributed by atoms with E-state index >= 15 is 0 Å². The van der Waals surface area contributed by atoms with Crippen molar-refractivity contribution < 1.29 is 18.4 Å². The number of H-pyrrole nitrogens is 1. The first-order valence-electron chi connectivity index (χ1n) is 9.68. The summed E-state index contributed by atoms with van der Waals surface area (Å²) in [6, 6.07) is 10.6. The number of rotatable bonds is 5. The Morgan fingerprint density at radius 1 is 1.22 bits per heavy atom. The number of amides is 2. The van der Waals surface area contributed by atoms with Crippen LogP contribution in [0.4, 0.5) is 20.3 Å². The molecule has 1 aliphatic heterocycles. The molecule has 1 atom stereocenters. The predicted octanol–water partition coefficient (Wildman–Crippen LogP) is 3.71. The number of halogens is 2. The Kier molecular flexibility index (Phi) is 6.04. The van der Waals surface area contributed by atoms with Crippen molar-refractivity contribution >= 4 is 35.1 Å². The van der Waals surface area contributed by atoms with E-state index in [4.69, 9.17) is 0 Å². The molecule has 0 radical (unpaired) electrons. The molecule has 10 heteroatoms. The minimum Gasteiger partial charge on any atom is -0.323 e. The highest BCUT2D eigenvalue weighted by atomic mass is 32.2. The standard InChI is InChI=1S/C22H18F2N4O3S/c1-11-3-2-4-12(7-11)10-32-22-27-19-18(21(31)28-22)14(9-17(29)26-19)20(30)25-16-6-5-13(23)8-15(16)24/h2-8,14H,9-10H2,1H3,(H,25,30)(H2,26,27,28,29,31)/t14-/m1/s1. The Bertz CT molecular complexity index is 1280. The minimum absolute atomic E-state index is 0.00327. The molecule has 0 fully saturated rings. The highest BCUT2D eigenvalue weighted by Gasteiger charge is 2.35. The average Bonchev–Trinajstić information content (AvgIpc) is 2.73. The molecule has 7 nitrogen and oxygen atoms in total. The lowest BCUT2D eigenvalue weighted by atomic mass is 9.92. The number of nitrogens with one attached hydrogen (secondary N) is 3. The fourth-order valence-electron chi connectivity index (χ4n) is 3.41. The van der Waals surface area contributed by atoms with Crippen LogP contribution in [-0.2, 0) is 15.3 Å². The molecule has 2 aromatic carbocycles. The highest BCUT2D eigenvalue weighted by molar-refractivity contribution is 7.98. The van der Waals surface area contributed by atoms with E-state index in [1.807, 2.05) is 31.2 Å². The van der Waals surface area contributed by atoms with Gasteiger partial charge in [-0.15, -0.1) is 0 Å². The zero-order valence-electron chi connectivity index (χ0n) is 16.9. The van der Waals surface area contributed by atoms with Gasteiger partial charge in [0.15, 0.2) is 5.16 Å². The predicted molar refractivity (Wildman–Crippen MR) is 117 cm³/mol. The Morgan fingerprint density at radius 2 is 2.03 bits per heavy atom. The Labute approximate surface area is 185 Å². The smallest absolute Gasteiger partial charge is 0.257 e. The van der Waals surface area contributed by atoms with Crippen molar-refractivity contribution in [2.45, 2.75) is 30.2 Å². The molecule has 3 N–H and O–H groups in total. The van der Waals surface area contributed by atoms with Crippen LogP contribution < -0.4 is 16.2 Å². The van der Waals surface area contributed by atoms with Gasteiger partial charge in [-0.2, -0.15) is 0 Å². The maximum absolute atomic E-state index is 13.9. The molecule has 3 aromatic rings. The number of hydrogen-bond acceptors (Lipinski definition) is 5. The number of aromatic amines is 1. The van der Waals surface area contributed by atoms with E-state index in [1.165, 1.54) is 11.8 Å². The number of anilines is 2. The van der Waals surface area contributed by atoms with Gasteiger partial charge < -0.3 is 15.6 Å². The molecule has 164 valence electrons. The molecular weight excluding hydrogens is 438 g/mol. The third kappa shape index (κ3) is 4.70. The van der Waals surface area contributed by atoms with Crippen molar-refractivity contribution in [1.29, 1.82) is 0 Å². The third-order valence-corrected chi connectivity index (χ3v) is 5.84. The van der Waals surface area contributed by atoms with Gasteiger partial charge in [-0.05, 0) is 24.6 Å². The van der Waals surface area contributed by atoms with Crippen LogP contribution in [0.3, 0.4) is 0 Å². The number of nitrogens with zero attached hydrogens (tertiary/aromatic N) is 1. The molecule has 2 amide bonds. The van der Waals surface area contributed by atoms with Crippen LogP contribution in [0.1, 0.15) is 29.0 Å². The molecular formula is C22H18F2N4O3S. The summed E-state index contributed by atoms with van der Waals surface area (Å²) in [5.74, 6) is -3.64. The molecule has 4 rings (SSSR count). The van der Waals surface area contributed by atoms with Crippen LogP contribution in [0.15, 0.2) is 52.4 Å². The molecule has 0 spiro atoms. The number of thioether (sulfide) groups is 1. The zero-order valence-corrected chi connectivity index (χ0v) is 17.7. The van der Waals surface area contributed by atoms with Crippen molar-refractivity contribution in [2.75, 3.05) is 10.6 Å². The van der Waals surface area contributed by atoms with E-state index in [9.17, 15) is 23.2 Å². The first-order chi connectivity index (χ1) is 15.3. The van der Waals surface area contributed by atoms with E-state index in [-0.39, 0.29) is 23.5 Å². The lowest BCUT2D eigenvalue weighted by Gasteiger charge is -2.23. The lowest BCUT2D eigenvalue weighted by molar-refractivity contribution is -0.123. The molecule has 1 aromatic heterocycles. The molecule has 0 unspecified atom stereocenters. The summed E-state index contributed by atoms with van der Waals surface area (Å²) in [4.78, 5) is 44.6. The summed E-state index contributed by atoms with van der Waals surface area (Å²) in [5.41, 5.74) is 1.32. The van der Waals surface area contributed by atoms with Gasteiger partial charge in [0.1, 0.15) is 17.5 Å². The van der Waals surface area contributed by atoms with Crippen LogP contribution in [0.5, 0.6) is 0 Å². The van der Waals surface area contributed by atoms with Gasteiger partial charge in [0.25, 0.3) is 5.56 Å². The van der Waals surface area contributed by atoms with Crippen molar-refractivity contribution in [3.8, 4) is 0 Å². The van der Waals surface area contributed by atoms with Crippen LogP contribution in [0.2, 0.25) is 0 Å². The van der Waals surface area contributed by atoms with E-state index < -0.39 is 34.9 Å². The fraction of sp³-hybridized carbons (Fsp3) is 0.182. The quantitative estimate of drug-likeness (QED) is 0.401. The lowest BCUT2D eigenvalue weighted by Crippen LogP contribution is -2.36. The van der Waals surface area contributed by atoms with E-state index in [2.05, 4.69) is 20.6 Å². The molecule has 0 saturated heterocycles. The minimum atomic E-state index is -1.17. The maximum atomic E-state index is 13.9. The molecule has 0 bridgehead atoms. The normalized spacial score (nSPS) is 15.1. The Hall–Kier alpha value is -3.53. The second kappa shape index (κ2) is 8.91. The number of carbonyl (C=O) groups excluding carboxylic acids is 2. The van der Waals surface area contributed by atoms with Crippen LogP contribution in [0, 0.1) is 18.6 Å². The second-order valence-electron chi connectivity index (χ2n) is 7.33. The fourth-order valence-corrected chi connectivity index (χ4v) is 4.21. The van der Waals surface area contributed by atoms with E-state index in [1.54, 1.807) is 0 Å². The maximum Gasteiger partial charge on any atom is 0.257 e. The molecule has 0 saturated carbocycles. The number of carbonyl (C=O) groups is 2. The van der Waals surface area contributed by atoms with Gasteiger partial charge in [-0.1, -0.05) is 41.6 Å². The summed E-state index contributed by atoms with van der Waals surface area (Å²) in [7, 11) is 0. The number of aromatic nitrogens is 2. The largest absolute Gasteiger partial charge is 0.323 e. The Balaban J connectivity index is 1.58. The number of hydrogen-bond donors (Lipinski definition) is 3. The summed E-state index contributed by atoms with van der Waals surface area (Å²) < 4.78 is 27.0. The third-order valence-electron chi connectivity index (χ3n) is 4.89. The van der Waals surface area contributed by atoms with Crippen LogP contribution in [-0.4, -0.2) is 21.8 Å². The van der Waals surface area contributed by atoms with Crippen molar-refractivity contribution in [1.82, 2.24) is 9.97 Å². The van der Waals surface area contributed by atoms with Gasteiger partial charge in [0.2, 0.25) is 11.8 Å². The molecule has 32 heavy (non-hydrogen) atoms. The van der Waals surface area contributed by atoms with Crippen molar-refractivity contribution in [3.63, 3.8) is 0 Å². The number of benzene rings is 2. The van der Waals surface area contributed by atoms with Gasteiger partial charge in [0, 0.05) is 18.2 Å². The first kappa shape index (κ1) is 21.7. The monoisotopic (exact) mass is 456 g/mol. The zero-order chi connectivity index (χ0) is 22.8. The van der Waals surface area contributed by atoms with E-state index in [0.29, 0.717) is 17.0 Å². The van der Waals surface area contributed by atoms with Crippen molar-refractivity contribution in [3.05, 3.63) is 81.1 Å². The topological polar surface area (TPSA) is 104 Å². The Morgan fingerprint density at radius 3 is 2.78 bits per heavy atom. The van der Waals surface area contributed by atoms with Crippen molar-refractivity contribution in [2.24, 2.45) is 0 Å². The van der Waals surface area contributed by atoms with Gasteiger partial charge >= 0.3 is 0 Å². The molecule has 2 heterocycles. The van der Waals surface area contributed by atoms with Gasteiger partial charge in [-0.3, -0.25) is 14.4 Å². The van der Waals surface area contributed by atoms with Crippen LogP contribution in [0.25, 0.3) is 0 Å². The van der Waals surface area contributed by atoms with Gasteiger partial charge in [0.05, 0.1) is 17.2 Å². The summed E-state index contributed by atoms with van der Waals surface area (Å²) in [5, 5.41) is 5.14. The van der Waals surface area contributed by atoms with E-state index in [0.717, 1.165) is 23.3 Å². The summed E-state index contributed by atoms with van der Waals surface area (Å²) in [6.45, 7) is 1.98. The second-order valence-corrected chi connectivity index (χ2v) is 8.29. The number of aryl methyl sites for hydroxylation is 1. The SMILES string of the molecule is Cc1cccc(CSc2nc3c(c(=O)[nH]2)[C@H](C(=O)Nc2ccc(F)cc2F)CC(=O)N3)c1. The molecule has 1 aliphatic rings. The highest BCUT2D eigenvalue weighted by Crippen LogP contribution is 2.31. The summed E-state index contributed by atoms with van der Waals surface area (Å²) >= 11 is 1.28. The van der Waals surface area contributed by atoms with Crippen LogP contribution >= 0.6 is 11.8 Å². The summed E-state index contributed by atoms with van der Waals surface area (Å²) in [6.07, 6.45) is -0.303. The number of fused-ring (bicyclic) bond motifs is 1. The first-order valence-corrected chi connectivity index (χ1v) is 10.7.